The molecule has 2 heteroatoms. The van der Waals surface area contributed by atoms with Gasteiger partial charge in [-0.15, -0.1) is 0 Å². The first-order valence-electron chi connectivity index (χ1n) is 7.23. The van der Waals surface area contributed by atoms with Gasteiger partial charge in [0.2, 0.25) is 0 Å². The number of nitrogens with one attached hydrogen (secondary N) is 1. The average Bonchev–Trinajstić information content (AvgIpc) is 2.46. The molecule has 18 heavy (non-hydrogen) atoms. The summed E-state index contributed by atoms with van der Waals surface area (Å²) in [6.07, 6.45) is 8.01. The Morgan fingerprint density at radius 2 is 1.83 bits per heavy atom. The van der Waals surface area contributed by atoms with Gasteiger partial charge in [-0.05, 0) is 37.0 Å². The third-order valence-electron chi connectivity index (χ3n) is 3.97. The Labute approximate surface area is 111 Å². The van der Waals surface area contributed by atoms with E-state index >= 15 is 0 Å². The largest absolute Gasteiger partial charge is 0.497 e. The summed E-state index contributed by atoms with van der Waals surface area (Å²) in [6.45, 7) is 2.25. The fourth-order valence-electron chi connectivity index (χ4n) is 2.84. The van der Waals surface area contributed by atoms with Gasteiger partial charge < -0.3 is 10.1 Å². The summed E-state index contributed by atoms with van der Waals surface area (Å²) in [5, 5.41) is 3.82. The summed E-state index contributed by atoms with van der Waals surface area (Å²) in [7, 11) is 1.71. The SMILES string of the molecule is CCC(NC1CCCCC1)c1ccc(OC)cc1. The smallest absolute Gasteiger partial charge is 0.118 e. The Balaban J connectivity index is 1.97. The van der Waals surface area contributed by atoms with Gasteiger partial charge in [0.1, 0.15) is 5.75 Å². The van der Waals surface area contributed by atoms with E-state index in [9.17, 15) is 0 Å². The topological polar surface area (TPSA) is 21.3 Å². The molecule has 2 rings (SSSR count). The van der Waals surface area contributed by atoms with Crippen molar-refractivity contribution >= 4 is 0 Å². The molecule has 0 bridgehead atoms. The lowest BCUT2D eigenvalue weighted by Gasteiger charge is -2.28. The highest BCUT2D eigenvalue weighted by Crippen LogP contribution is 2.24. The lowest BCUT2D eigenvalue weighted by Crippen LogP contribution is -2.34. The second-order valence-corrected chi connectivity index (χ2v) is 5.24. The van der Waals surface area contributed by atoms with E-state index in [2.05, 4.69) is 36.5 Å². The van der Waals surface area contributed by atoms with E-state index in [-0.39, 0.29) is 0 Å². The van der Waals surface area contributed by atoms with Crippen LogP contribution in [-0.2, 0) is 0 Å². The summed E-state index contributed by atoms with van der Waals surface area (Å²) < 4.78 is 5.21. The summed E-state index contributed by atoms with van der Waals surface area (Å²) >= 11 is 0. The van der Waals surface area contributed by atoms with Gasteiger partial charge in [-0.1, -0.05) is 38.3 Å². The Bertz CT molecular complexity index is 341. The maximum atomic E-state index is 5.21. The minimum Gasteiger partial charge on any atom is -0.497 e. The van der Waals surface area contributed by atoms with Crippen molar-refractivity contribution < 1.29 is 4.74 Å². The van der Waals surface area contributed by atoms with Crippen LogP contribution in [0, 0.1) is 0 Å². The van der Waals surface area contributed by atoms with E-state index in [1.807, 2.05) is 0 Å². The number of hydrogen-bond donors (Lipinski definition) is 1. The van der Waals surface area contributed by atoms with E-state index < -0.39 is 0 Å². The fourth-order valence-corrected chi connectivity index (χ4v) is 2.84. The van der Waals surface area contributed by atoms with Gasteiger partial charge >= 0.3 is 0 Å². The van der Waals surface area contributed by atoms with Gasteiger partial charge in [-0.2, -0.15) is 0 Å². The quantitative estimate of drug-likeness (QED) is 0.847. The predicted molar refractivity (Wildman–Crippen MR) is 76.0 cm³/mol. The van der Waals surface area contributed by atoms with Crippen LogP contribution in [0.25, 0.3) is 0 Å². The standard InChI is InChI=1S/C16H25NO/c1-3-16(17-14-7-5-4-6-8-14)13-9-11-15(18-2)12-10-13/h9-12,14,16-17H,3-8H2,1-2H3. The van der Waals surface area contributed by atoms with Crippen molar-refractivity contribution in [3.05, 3.63) is 29.8 Å². The molecule has 0 amide bonds. The molecule has 1 aromatic carbocycles. The number of benzene rings is 1. The molecule has 2 nitrogen and oxygen atoms in total. The zero-order valence-electron chi connectivity index (χ0n) is 11.6. The zero-order chi connectivity index (χ0) is 12.8. The predicted octanol–water partition coefficient (Wildman–Crippen LogP) is 4.07. The Morgan fingerprint density at radius 1 is 1.17 bits per heavy atom. The summed E-state index contributed by atoms with van der Waals surface area (Å²) in [4.78, 5) is 0. The summed E-state index contributed by atoms with van der Waals surface area (Å²) in [6, 6.07) is 9.68. The number of rotatable bonds is 5. The van der Waals surface area contributed by atoms with Crippen molar-refractivity contribution in [3.63, 3.8) is 0 Å². The van der Waals surface area contributed by atoms with Crippen LogP contribution in [0.5, 0.6) is 5.75 Å². The van der Waals surface area contributed by atoms with Crippen molar-refractivity contribution in [2.45, 2.75) is 57.5 Å². The number of hydrogen-bond acceptors (Lipinski definition) is 2. The Kier molecular flexibility index (Phi) is 5.06. The van der Waals surface area contributed by atoms with Crippen LogP contribution in [0.4, 0.5) is 0 Å². The Hall–Kier alpha value is -1.02. The maximum Gasteiger partial charge on any atom is 0.118 e. The first kappa shape index (κ1) is 13.4. The van der Waals surface area contributed by atoms with Crippen LogP contribution in [0.1, 0.15) is 57.1 Å². The van der Waals surface area contributed by atoms with Crippen molar-refractivity contribution in [3.8, 4) is 5.75 Å². The molecule has 0 radical (unpaired) electrons. The number of ether oxygens (including phenoxy) is 1. The van der Waals surface area contributed by atoms with Crippen molar-refractivity contribution in [1.82, 2.24) is 5.32 Å². The van der Waals surface area contributed by atoms with E-state index in [1.54, 1.807) is 7.11 Å². The monoisotopic (exact) mass is 247 g/mol. The molecule has 1 aliphatic rings. The molecule has 0 saturated heterocycles. The van der Waals surface area contributed by atoms with Crippen LogP contribution in [0.2, 0.25) is 0 Å². The van der Waals surface area contributed by atoms with Crippen molar-refractivity contribution in [2.75, 3.05) is 7.11 Å². The van der Waals surface area contributed by atoms with Crippen LogP contribution in [-0.4, -0.2) is 13.2 Å². The molecular formula is C16H25NO. The van der Waals surface area contributed by atoms with Gasteiger partial charge in [0.05, 0.1) is 7.11 Å². The van der Waals surface area contributed by atoms with Crippen molar-refractivity contribution in [2.24, 2.45) is 0 Å². The molecule has 1 fully saturated rings. The van der Waals surface area contributed by atoms with Gasteiger partial charge in [0.25, 0.3) is 0 Å². The molecule has 0 spiro atoms. The van der Waals surface area contributed by atoms with Gasteiger partial charge in [0.15, 0.2) is 0 Å². The van der Waals surface area contributed by atoms with Crippen LogP contribution in [0.3, 0.4) is 0 Å². The molecule has 100 valence electrons. The average molecular weight is 247 g/mol. The maximum absolute atomic E-state index is 5.21. The van der Waals surface area contributed by atoms with Crippen LogP contribution in [0.15, 0.2) is 24.3 Å². The first-order chi connectivity index (χ1) is 8.83. The molecule has 1 atom stereocenters. The molecule has 0 heterocycles. The first-order valence-corrected chi connectivity index (χ1v) is 7.23. The van der Waals surface area contributed by atoms with E-state index in [0.29, 0.717) is 12.1 Å². The molecule has 1 N–H and O–H groups in total. The van der Waals surface area contributed by atoms with Crippen LogP contribution >= 0.6 is 0 Å². The zero-order valence-corrected chi connectivity index (χ0v) is 11.6. The van der Waals surface area contributed by atoms with Gasteiger partial charge in [-0.25, -0.2) is 0 Å². The fraction of sp³-hybridized carbons (Fsp3) is 0.625. The molecular weight excluding hydrogens is 222 g/mol. The minimum absolute atomic E-state index is 0.485. The lowest BCUT2D eigenvalue weighted by molar-refractivity contribution is 0.334. The molecule has 1 aromatic rings. The van der Waals surface area contributed by atoms with E-state index in [1.165, 1.54) is 37.7 Å². The highest BCUT2D eigenvalue weighted by atomic mass is 16.5. The third-order valence-corrected chi connectivity index (χ3v) is 3.97. The molecule has 0 aromatic heterocycles. The lowest BCUT2D eigenvalue weighted by atomic mass is 9.93. The van der Waals surface area contributed by atoms with Gasteiger partial charge in [-0.3, -0.25) is 0 Å². The second-order valence-electron chi connectivity index (χ2n) is 5.24. The summed E-state index contributed by atoms with van der Waals surface area (Å²) in [5.74, 6) is 0.936. The highest BCUT2D eigenvalue weighted by Gasteiger charge is 2.17. The summed E-state index contributed by atoms with van der Waals surface area (Å²) in [5.41, 5.74) is 1.38. The van der Waals surface area contributed by atoms with E-state index in [0.717, 1.165) is 12.2 Å². The molecule has 0 aliphatic heterocycles. The Morgan fingerprint density at radius 3 is 2.39 bits per heavy atom. The second kappa shape index (κ2) is 6.79. The number of methoxy groups -OCH3 is 1. The van der Waals surface area contributed by atoms with Crippen molar-refractivity contribution in [1.29, 1.82) is 0 Å². The van der Waals surface area contributed by atoms with Crippen LogP contribution < -0.4 is 10.1 Å². The normalized spacial score (nSPS) is 18.6. The van der Waals surface area contributed by atoms with Gasteiger partial charge in [0, 0.05) is 12.1 Å². The third kappa shape index (κ3) is 3.49. The molecule has 1 saturated carbocycles. The highest BCUT2D eigenvalue weighted by molar-refractivity contribution is 5.29. The molecule has 1 aliphatic carbocycles. The van der Waals surface area contributed by atoms with E-state index in [4.69, 9.17) is 4.74 Å². The molecule has 1 unspecified atom stereocenters. The minimum atomic E-state index is 0.485.